The summed E-state index contributed by atoms with van der Waals surface area (Å²) < 4.78 is 5.14. The van der Waals surface area contributed by atoms with Gasteiger partial charge in [0.25, 0.3) is 0 Å². The number of carbonyl (C=O) groups is 2. The number of aromatic nitrogens is 1. The van der Waals surface area contributed by atoms with Gasteiger partial charge in [-0.25, -0.2) is 9.78 Å². The molecule has 1 aromatic rings. The standard InChI is InChI=1S/C14H22N2O4S/c1-5-14(11(17)18,8-10-15-6-7-21-10)9-16-12(19)20-13(2,3)4/h6-7H,5,8-9H2,1-4H3,(H,16,19)(H,17,18). The van der Waals surface area contributed by atoms with Crippen LogP contribution in [0.2, 0.25) is 0 Å². The number of carboxylic acids is 1. The maximum absolute atomic E-state index is 11.7. The average Bonchev–Trinajstić information content (AvgIpc) is 2.84. The van der Waals surface area contributed by atoms with Crippen LogP contribution in [-0.2, 0) is 16.0 Å². The zero-order valence-corrected chi connectivity index (χ0v) is 13.6. The smallest absolute Gasteiger partial charge is 0.407 e. The van der Waals surface area contributed by atoms with E-state index in [0.717, 1.165) is 5.01 Å². The Morgan fingerprint density at radius 3 is 2.52 bits per heavy atom. The van der Waals surface area contributed by atoms with Gasteiger partial charge in [-0.15, -0.1) is 11.3 Å². The first-order chi connectivity index (χ1) is 9.68. The third kappa shape index (κ3) is 5.34. The fraction of sp³-hybridized carbons (Fsp3) is 0.643. The van der Waals surface area contributed by atoms with E-state index >= 15 is 0 Å². The highest BCUT2D eigenvalue weighted by molar-refractivity contribution is 7.09. The lowest BCUT2D eigenvalue weighted by atomic mass is 9.82. The van der Waals surface area contributed by atoms with E-state index in [0.29, 0.717) is 6.42 Å². The molecule has 0 bridgehead atoms. The molecule has 1 rings (SSSR count). The highest BCUT2D eigenvalue weighted by Crippen LogP contribution is 2.28. The lowest BCUT2D eigenvalue weighted by Crippen LogP contribution is -2.45. The Balaban J connectivity index is 2.74. The van der Waals surface area contributed by atoms with Crippen LogP contribution in [0.15, 0.2) is 11.6 Å². The number of carboxylic acid groups (broad SMARTS) is 1. The van der Waals surface area contributed by atoms with Crippen LogP contribution in [0.4, 0.5) is 4.79 Å². The largest absolute Gasteiger partial charge is 0.481 e. The number of ether oxygens (including phenoxy) is 1. The van der Waals surface area contributed by atoms with Gasteiger partial charge in [0, 0.05) is 24.5 Å². The molecule has 0 saturated heterocycles. The molecule has 0 fully saturated rings. The molecule has 1 amide bonds. The van der Waals surface area contributed by atoms with Crippen molar-refractivity contribution < 1.29 is 19.4 Å². The van der Waals surface area contributed by atoms with E-state index in [9.17, 15) is 14.7 Å². The minimum Gasteiger partial charge on any atom is -0.481 e. The molecule has 0 radical (unpaired) electrons. The van der Waals surface area contributed by atoms with Crippen LogP contribution in [0.1, 0.15) is 39.1 Å². The third-order valence-corrected chi connectivity index (χ3v) is 3.85. The van der Waals surface area contributed by atoms with Gasteiger partial charge < -0.3 is 15.2 Å². The van der Waals surface area contributed by atoms with Crippen molar-refractivity contribution in [3.8, 4) is 0 Å². The van der Waals surface area contributed by atoms with Gasteiger partial charge in [0.05, 0.1) is 10.4 Å². The van der Waals surface area contributed by atoms with Gasteiger partial charge in [-0.3, -0.25) is 4.79 Å². The summed E-state index contributed by atoms with van der Waals surface area (Å²) >= 11 is 1.41. The van der Waals surface area contributed by atoms with Gasteiger partial charge in [-0.05, 0) is 27.2 Å². The van der Waals surface area contributed by atoms with E-state index in [-0.39, 0.29) is 13.0 Å². The topological polar surface area (TPSA) is 88.5 Å². The Kier molecular flexibility index (Phi) is 5.71. The highest BCUT2D eigenvalue weighted by atomic mass is 32.1. The zero-order chi connectivity index (χ0) is 16.1. The number of thiazole rings is 1. The third-order valence-electron chi connectivity index (χ3n) is 3.07. The molecule has 7 heteroatoms. The van der Waals surface area contributed by atoms with Gasteiger partial charge >= 0.3 is 12.1 Å². The number of hydrogen-bond acceptors (Lipinski definition) is 5. The van der Waals surface area contributed by atoms with Crippen molar-refractivity contribution >= 4 is 23.4 Å². The van der Waals surface area contributed by atoms with Crippen molar-refractivity contribution in [2.45, 2.75) is 46.1 Å². The minimum atomic E-state index is -1.07. The zero-order valence-electron chi connectivity index (χ0n) is 12.8. The van der Waals surface area contributed by atoms with E-state index in [1.54, 1.807) is 39.3 Å². The molecule has 0 aromatic carbocycles. The molecule has 1 aromatic heterocycles. The van der Waals surface area contributed by atoms with Crippen LogP contribution >= 0.6 is 11.3 Å². The number of nitrogens with zero attached hydrogens (tertiary/aromatic N) is 1. The fourth-order valence-corrected chi connectivity index (χ4v) is 2.56. The minimum absolute atomic E-state index is 0.00727. The summed E-state index contributed by atoms with van der Waals surface area (Å²) in [6.07, 6.45) is 1.70. The van der Waals surface area contributed by atoms with E-state index in [1.807, 2.05) is 0 Å². The first-order valence-corrected chi connectivity index (χ1v) is 7.65. The number of hydrogen-bond donors (Lipinski definition) is 2. The van der Waals surface area contributed by atoms with E-state index in [1.165, 1.54) is 11.3 Å². The molecular weight excluding hydrogens is 292 g/mol. The summed E-state index contributed by atoms with van der Waals surface area (Å²) in [5.74, 6) is -0.948. The predicted molar refractivity (Wildman–Crippen MR) is 80.4 cm³/mol. The molecule has 2 N–H and O–H groups in total. The molecule has 1 heterocycles. The highest BCUT2D eigenvalue weighted by Gasteiger charge is 2.38. The molecule has 1 unspecified atom stereocenters. The monoisotopic (exact) mass is 314 g/mol. The van der Waals surface area contributed by atoms with Crippen LogP contribution < -0.4 is 5.32 Å². The number of nitrogens with one attached hydrogen (secondary N) is 1. The molecule has 0 saturated carbocycles. The van der Waals surface area contributed by atoms with Gasteiger partial charge in [-0.2, -0.15) is 0 Å². The van der Waals surface area contributed by atoms with Crippen molar-refractivity contribution in [3.63, 3.8) is 0 Å². The molecule has 0 spiro atoms. The fourth-order valence-electron chi connectivity index (χ4n) is 1.80. The molecule has 0 aliphatic rings. The summed E-state index contributed by atoms with van der Waals surface area (Å²) in [6.45, 7) is 7.07. The van der Waals surface area contributed by atoms with Gasteiger partial charge in [0.2, 0.25) is 0 Å². The molecule has 0 aliphatic carbocycles. The van der Waals surface area contributed by atoms with Crippen molar-refractivity contribution in [2.75, 3.05) is 6.54 Å². The summed E-state index contributed by atoms with van der Waals surface area (Å²) in [5.41, 5.74) is -1.69. The van der Waals surface area contributed by atoms with Crippen LogP contribution in [0.25, 0.3) is 0 Å². The maximum atomic E-state index is 11.7. The van der Waals surface area contributed by atoms with Crippen molar-refractivity contribution in [3.05, 3.63) is 16.6 Å². The van der Waals surface area contributed by atoms with Gasteiger partial charge in [0.15, 0.2) is 0 Å². The van der Waals surface area contributed by atoms with Crippen molar-refractivity contribution in [2.24, 2.45) is 5.41 Å². The number of aliphatic carboxylic acids is 1. The number of carbonyl (C=O) groups excluding carboxylic acids is 1. The number of alkyl carbamates (subject to hydrolysis) is 1. The Labute approximate surface area is 128 Å². The van der Waals surface area contributed by atoms with Crippen LogP contribution in [0.5, 0.6) is 0 Å². The quantitative estimate of drug-likeness (QED) is 0.842. The Hall–Kier alpha value is -1.63. The summed E-state index contributed by atoms with van der Waals surface area (Å²) in [5, 5.41) is 14.7. The SMILES string of the molecule is CCC(CNC(=O)OC(C)(C)C)(Cc1nccs1)C(=O)O. The second-order valence-electron chi connectivity index (χ2n) is 5.90. The second kappa shape index (κ2) is 6.89. The van der Waals surface area contributed by atoms with Crippen LogP contribution in [0, 0.1) is 5.41 Å². The maximum Gasteiger partial charge on any atom is 0.407 e. The summed E-state index contributed by atoms with van der Waals surface area (Å²) in [4.78, 5) is 27.5. The van der Waals surface area contributed by atoms with E-state index in [2.05, 4.69) is 10.3 Å². The molecular formula is C14H22N2O4S. The second-order valence-corrected chi connectivity index (χ2v) is 6.88. The molecule has 1 atom stereocenters. The van der Waals surface area contributed by atoms with Crippen molar-refractivity contribution in [1.29, 1.82) is 0 Å². The first kappa shape index (κ1) is 17.4. The van der Waals surface area contributed by atoms with Crippen LogP contribution in [-0.4, -0.2) is 34.3 Å². The molecule has 0 aliphatic heterocycles. The lowest BCUT2D eigenvalue weighted by Gasteiger charge is -2.28. The molecule has 21 heavy (non-hydrogen) atoms. The molecule has 118 valence electrons. The number of amides is 1. The van der Waals surface area contributed by atoms with Gasteiger partial charge in [-0.1, -0.05) is 6.92 Å². The van der Waals surface area contributed by atoms with E-state index < -0.39 is 23.1 Å². The predicted octanol–water partition coefficient (Wildman–Crippen LogP) is 2.69. The normalized spacial score (nSPS) is 14.3. The Morgan fingerprint density at radius 1 is 1.43 bits per heavy atom. The Bertz CT molecular complexity index is 482. The summed E-state index contributed by atoms with van der Waals surface area (Å²) in [6, 6.07) is 0. The van der Waals surface area contributed by atoms with Crippen LogP contribution in [0.3, 0.4) is 0 Å². The van der Waals surface area contributed by atoms with E-state index in [4.69, 9.17) is 4.74 Å². The van der Waals surface area contributed by atoms with Crippen molar-refractivity contribution in [1.82, 2.24) is 10.3 Å². The summed E-state index contributed by atoms with van der Waals surface area (Å²) in [7, 11) is 0. The first-order valence-electron chi connectivity index (χ1n) is 6.77. The number of rotatable bonds is 6. The average molecular weight is 314 g/mol. The van der Waals surface area contributed by atoms with Gasteiger partial charge in [0.1, 0.15) is 5.60 Å². The Morgan fingerprint density at radius 2 is 2.10 bits per heavy atom. The molecule has 6 nitrogen and oxygen atoms in total. The lowest BCUT2D eigenvalue weighted by molar-refractivity contribution is -0.148.